The number of carbonyl (C=O) groups excluding carboxylic acids is 2. The van der Waals surface area contributed by atoms with Crippen LogP contribution in [0.4, 0.5) is 0 Å². The van der Waals surface area contributed by atoms with Crippen LogP contribution in [0.15, 0.2) is 4.99 Å². The monoisotopic (exact) mass is 173 g/mol. The van der Waals surface area contributed by atoms with Crippen molar-refractivity contribution in [3.05, 3.63) is 0 Å². The van der Waals surface area contributed by atoms with Crippen LogP contribution in [0.2, 0.25) is 0 Å². The molecule has 0 radical (unpaired) electrons. The molecule has 0 aliphatic carbocycles. The molecule has 0 atom stereocenters. The zero-order valence-electron chi connectivity index (χ0n) is 7.29. The zero-order valence-corrected chi connectivity index (χ0v) is 7.29. The van der Waals surface area contributed by atoms with E-state index in [1.807, 2.05) is 0 Å². The molecule has 0 N–H and O–H groups in total. The Balaban J connectivity index is 4.20. The van der Waals surface area contributed by atoms with E-state index in [9.17, 15) is 9.59 Å². The van der Waals surface area contributed by atoms with E-state index in [0.29, 0.717) is 0 Å². The summed E-state index contributed by atoms with van der Waals surface area (Å²) in [6.07, 6.45) is -0.153. The van der Waals surface area contributed by atoms with Crippen LogP contribution in [0, 0.1) is 0 Å². The predicted molar refractivity (Wildman–Crippen MR) is 42.0 cm³/mol. The van der Waals surface area contributed by atoms with Crippen LogP contribution < -0.4 is 0 Å². The van der Waals surface area contributed by atoms with Crippen molar-refractivity contribution in [2.24, 2.45) is 4.99 Å². The third-order valence-electron chi connectivity index (χ3n) is 1.23. The maximum Gasteiger partial charge on any atom is 0.352 e. The highest BCUT2D eigenvalue weighted by atomic mass is 16.5. The van der Waals surface area contributed by atoms with Crippen LogP contribution in [0.25, 0.3) is 0 Å². The zero-order chi connectivity index (χ0) is 9.56. The van der Waals surface area contributed by atoms with E-state index < -0.39 is 11.9 Å². The van der Waals surface area contributed by atoms with E-state index in [0.717, 1.165) is 0 Å². The Bertz CT molecular complexity index is 209. The van der Waals surface area contributed by atoms with Crippen LogP contribution >= 0.6 is 0 Å². The van der Waals surface area contributed by atoms with Gasteiger partial charge in [0.1, 0.15) is 5.71 Å². The molecule has 0 aromatic rings. The minimum atomic E-state index is -0.608. The highest BCUT2D eigenvalue weighted by Gasteiger charge is 2.15. The summed E-state index contributed by atoms with van der Waals surface area (Å²) < 4.78 is 8.72. The molecular weight excluding hydrogens is 162 g/mol. The van der Waals surface area contributed by atoms with Gasteiger partial charge >= 0.3 is 11.9 Å². The van der Waals surface area contributed by atoms with Crippen LogP contribution in [0.3, 0.4) is 0 Å². The Morgan fingerprint density at radius 1 is 1.25 bits per heavy atom. The summed E-state index contributed by atoms with van der Waals surface area (Å²) in [7, 11) is 3.88. The fraction of sp³-hybridized carbons (Fsp3) is 0.571. The van der Waals surface area contributed by atoms with Gasteiger partial charge in [-0.3, -0.25) is 9.79 Å². The molecule has 0 saturated carbocycles. The van der Waals surface area contributed by atoms with Gasteiger partial charge in [0.15, 0.2) is 0 Å². The smallest absolute Gasteiger partial charge is 0.352 e. The molecule has 0 rings (SSSR count). The Hall–Kier alpha value is -1.39. The van der Waals surface area contributed by atoms with Crippen molar-refractivity contribution >= 4 is 17.7 Å². The van der Waals surface area contributed by atoms with Crippen molar-refractivity contribution in [3.8, 4) is 0 Å². The minimum absolute atomic E-state index is 0.0596. The highest BCUT2D eigenvalue weighted by molar-refractivity contribution is 6.39. The van der Waals surface area contributed by atoms with E-state index in [4.69, 9.17) is 0 Å². The predicted octanol–water partition coefficient (Wildman–Crippen LogP) is -0.207. The van der Waals surface area contributed by atoms with E-state index >= 15 is 0 Å². The van der Waals surface area contributed by atoms with E-state index in [1.165, 1.54) is 21.3 Å². The normalized spacial score (nSPS) is 10.8. The van der Waals surface area contributed by atoms with Crippen molar-refractivity contribution < 1.29 is 19.1 Å². The first-order chi connectivity index (χ1) is 5.65. The lowest BCUT2D eigenvalue weighted by Crippen LogP contribution is -2.20. The molecular formula is C7H11NO4. The maximum absolute atomic E-state index is 10.8. The molecule has 0 saturated heterocycles. The second kappa shape index (κ2) is 5.29. The third kappa shape index (κ3) is 3.14. The number of aliphatic imine (C=N–C) groups is 1. The molecule has 0 fully saturated rings. The topological polar surface area (TPSA) is 65.0 Å². The summed E-state index contributed by atoms with van der Waals surface area (Å²) in [5.74, 6) is -1.12. The largest absolute Gasteiger partial charge is 0.469 e. The molecule has 0 aliphatic rings. The van der Waals surface area contributed by atoms with Gasteiger partial charge in [-0.2, -0.15) is 0 Å². The quantitative estimate of drug-likeness (QED) is 0.437. The number of esters is 2. The van der Waals surface area contributed by atoms with Crippen LogP contribution in [0.5, 0.6) is 0 Å². The SMILES string of the molecule is CN=C(CC(=O)OC)C(=O)OC. The summed E-state index contributed by atoms with van der Waals surface area (Å²) in [6.45, 7) is 0. The molecule has 5 heteroatoms. The number of hydrogen-bond donors (Lipinski definition) is 0. The Morgan fingerprint density at radius 2 is 1.83 bits per heavy atom. The first-order valence-electron chi connectivity index (χ1n) is 3.26. The Labute approximate surface area is 70.4 Å². The van der Waals surface area contributed by atoms with Crippen molar-refractivity contribution in [1.82, 2.24) is 0 Å². The molecule has 0 spiro atoms. The highest BCUT2D eigenvalue weighted by Crippen LogP contribution is 1.92. The summed E-state index contributed by atoms with van der Waals surface area (Å²) in [4.78, 5) is 25.1. The van der Waals surface area contributed by atoms with Crippen LogP contribution in [0.1, 0.15) is 6.42 Å². The van der Waals surface area contributed by atoms with Crippen LogP contribution in [-0.4, -0.2) is 38.9 Å². The lowest BCUT2D eigenvalue weighted by Gasteiger charge is -2.00. The van der Waals surface area contributed by atoms with Crippen LogP contribution in [-0.2, 0) is 19.1 Å². The van der Waals surface area contributed by atoms with Crippen molar-refractivity contribution in [2.45, 2.75) is 6.42 Å². The van der Waals surface area contributed by atoms with Gasteiger partial charge in [0.05, 0.1) is 20.6 Å². The third-order valence-corrected chi connectivity index (χ3v) is 1.23. The van der Waals surface area contributed by atoms with Gasteiger partial charge in [0.2, 0.25) is 0 Å². The summed E-state index contributed by atoms with van der Waals surface area (Å²) in [6, 6.07) is 0. The number of ether oxygens (including phenoxy) is 2. The van der Waals surface area contributed by atoms with Gasteiger partial charge in [-0.05, 0) is 0 Å². The summed E-state index contributed by atoms with van der Waals surface area (Å²) in [5.41, 5.74) is 0.0596. The standard InChI is InChI=1S/C7H11NO4/c1-8-5(7(10)12-3)4-6(9)11-2/h4H2,1-3H3. The lowest BCUT2D eigenvalue weighted by atomic mass is 10.3. The fourth-order valence-electron chi connectivity index (χ4n) is 0.569. The minimum Gasteiger partial charge on any atom is -0.469 e. The molecule has 0 unspecified atom stereocenters. The Morgan fingerprint density at radius 3 is 2.17 bits per heavy atom. The second-order valence-electron chi connectivity index (χ2n) is 1.91. The molecule has 0 aromatic carbocycles. The molecule has 0 bridgehead atoms. The number of rotatable bonds is 3. The Kier molecular flexibility index (Phi) is 4.67. The number of methoxy groups -OCH3 is 2. The van der Waals surface area contributed by atoms with Gasteiger partial charge in [-0.25, -0.2) is 4.79 Å². The molecule has 0 amide bonds. The van der Waals surface area contributed by atoms with Gasteiger partial charge < -0.3 is 9.47 Å². The molecule has 5 nitrogen and oxygen atoms in total. The average molecular weight is 173 g/mol. The molecule has 68 valence electrons. The average Bonchev–Trinajstić information content (AvgIpc) is 2.12. The second-order valence-corrected chi connectivity index (χ2v) is 1.91. The molecule has 12 heavy (non-hydrogen) atoms. The number of hydrogen-bond acceptors (Lipinski definition) is 5. The summed E-state index contributed by atoms with van der Waals surface area (Å²) in [5, 5.41) is 0. The van der Waals surface area contributed by atoms with E-state index in [1.54, 1.807) is 0 Å². The lowest BCUT2D eigenvalue weighted by molar-refractivity contribution is -0.140. The molecule has 0 aliphatic heterocycles. The number of carbonyl (C=O) groups is 2. The maximum atomic E-state index is 10.8. The van der Waals surface area contributed by atoms with E-state index in [-0.39, 0.29) is 12.1 Å². The summed E-state index contributed by atoms with van der Waals surface area (Å²) >= 11 is 0. The van der Waals surface area contributed by atoms with Gasteiger partial charge in [-0.1, -0.05) is 0 Å². The first kappa shape index (κ1) is 10.6. The van der Waals surface area contributed by atoms with Gasteiger partial charge in [0, 0.05) is 7.05 Å². The number of nitrogens with zero attached hydrogens (tertiary/aromatic N) is 1. The van der Waals surface area contributed by atoms with Crippen molar-refractivity contribution in [2.75, 3.05) is 21.3 Å². The van der Waals surface area contributed by atoms with E-state index in [2.05, 4.69) is 14.5 Å². The molecule has 0 aromatic heterocycles. The molecule has 0 heterocycles. The fourth-order valence-corrected chi connectivity index (χ4v) is 0.569. The van der Waals surface area contributed by atoms with Gasteiger partial charge in [-0.15, -0.1) is 0 Å². The van der Waals surface area contributed by atoms with Crippen molar-refractivity contribution in [3.63, 3.8) is 0 Å². The van der Waals surface area contributed by atoms with Crippen molar-refractivity contribution in [1.29, 1.82) is 0 Å². The van der Waals surface area contributed by atoms with Gasteiger partial charge in [0.25, 0.3) is 0 Å². The first-order valence-corrected chi connectivity index (χ1v) is 3.26.